The first-order chi connectivity index (χ1) is 8.31. The van der Waals surface area contributed by atoms with Crippen LogP contribution in [-0.4, -0.2) is 21.3 Å². The van der Waals surface area contributed by atoms with E-state index in [1.807, 2.05) is 6.07 Å². The second kappa shape index (κ2) is 5.91. The topological polar surface area (TPSA) is 71.5 Å². The van der Waals surface area contributed by atoms with E-state index in [0.29, 0.717) is 5.25 Å². The normalized spacial score (nSPS) is 18.2. The molecule has 1 heterocycles. The van der Waals surface area contributed by atoms with E-state index in [4.69, 9.17) is 10.9 Å². The van der Waals surface area contributed by atoms with Crippen LogP contribution in [0.4, 0.5) is 0 Å². The van der Waals surface area contributed by atoms with Crippen molar-refractivity contribution in [3.8, 4) is 0 Å². The number of hydrogen-bond donors (Lipinski definition) is 2. The van der Waals surface area contributed by atoms with Crippen LogP contribution in [0.1, 0.15) is 37.7 Å². The molecule has 1 aliphatic rings. The Labute approximate surface area is 105 Å². The summed E-state index contributed by atoms with van der Waals surface area (Å²) in [5.74, 6) is 0.136. The number of oxime groups is 1. The molecule has 0 aromatic carbocycles. The number of thioether (sulfide) groups is 1. The highest BCUT2D eigenvalue weighted by Crippen LogP contribution is 2.33. The smallest absolute Gasteiger partial charge is 0.172 e. The summed E-state index contributed by atoms with van der Waals surface area (Å²) in [4.78, 5) is 4.33. The molecule has 17 heavy (non-hydrogen) atoms. The zero-order valence-corrected chi connectivity index (χ0v) is 10.5. The minimum Gasteiger partial charge on any atom is -0.409 e. The van der Waals surface area contributed by atoms with Gasteiger partial charge in [0, 0.05) is 11.4 Å². The molecule has 2 rings (SSSR count). The molecule has 3 N–H and O–H groups in total. The number of nitrogens with zero attached hydrogens (tertiary/aromatic N) is 2. The highest BCUT2D eigenvalue weighted by atomic mass is 32.2. The van der Waals surface area contributed by atoms with Gasteiger partial charge in [0.15, 0.2) is 5.84 Å². The van der Waals surface area contributed by atoms with E-state index in [1.54, 1.807) is 24.0 Å². The molecule has 5 heteroatoms. The summed E-state index contributed by atoms with van der Waals surface area (Å²) in [5.41, 5.74) is 6.37. The molecule has 0 unspecified atom stereocenters. The van der Waals surface area contributed by atoms with E-state index in [2.05, 4.69) is 10.1 Å². The van der Waals surface area contributed by atoms with E-state index < -0.39 is 0 Å². The molecule has 0 saturated heterocycles. The predicted molar refractivity (Wildman–Crippen MR) is 69.5 cm³/mol. The van der Waals surface area contributed by atoms with Crippen molar-refractivity contribution in [3.05, 3.63) is 23.9 Å². The lowest BCUT2D eigenvalue weighted by atomic mass is 10.0. The second-order valence-corrected chi connectivity index (χ2v) is 5.51. The third-order valence-electron chi connectivity index (χ3n) is 2.99. The van der Waals surface area contributed by atoms with Gasteiger partial charge in [-0.1, -0.05) is 24.4 Å². The van der Waals surface area contributed by atoms with Gasteiger partial charge in [-0.05, 0) is 25.0 Å². The largest absolute Gasteiger partial charge is 0.409 e. The first kappa shape index (κ1) is 12.2. The van der Waals surface area contributed by atoms with Crippen LogP contribution in [0.2, 0.25) is 0 Å². The van der Waals surface area contributed by atoms with Gasteiger partial charge in [0.2, 0.25) is 0 Å². The highest BCUT2D eigenvalue weighted by molar-refractivity contribution is 7.99. The molecule has 1 saturated carbocycles. The van der Waals surface area contributed by atoms with Crippen LogP contribution >= 0.6 is 11.8 Å². The van der Waals surface area contributed by atoms with Crippen molar-refractivity contribution in [1.82, 2.24) is 4.98 Å². The van der Waals surface area contributed by atoms with Crippen molar-refractivity contribution in [2.45, 2.75) is 42.4 Å². The van der Waals surface area contributed by atoms with E-state index in [-0.39, 0.29) is 5.84 Å². The fourth-order valence-corrected chi connectivity index (χ4v) is 3.38. The van der Waals surface area contributed by atoms with Crippen molar-refractivity contribution >= 4 is 17.6 Å². The van der Waals surface area contributed by atoms with Crippen molar-refractivity contribution in [3.63, 3.8) is 0 Å². The van der Waals surface area contributed by atoms with E-state index in [1.165, 1.54) is 32.1 Å². The van der Waals surface area contributed by atoms with Crippen LogP contribution < -0.4 is 5.73 Å². The lowest BCUT2D eigenvalue weighted by Crippen LogP contribution is -2.16. The van der Waals surface area contributed by atoms with Gasteiger partial charge in [-0.25, -0.2) is 4.98 Å². The van der Waals surface area contributed by atoms with Crippen molar-refractivity contribution in [2.24, 2.45) is 10.9 Å². The van der Waals surface area contributed by atoms with Gasteiger partial charge in [0.25, 0.3) is 0 Å². The summed E-state index contributed by atoms with van der Waals surface area (Å²) < 4.78 is 0. The maximum atomic E-state index is 8.74. The van der Waals surface area contributed by atoms with Crippen molar-refractivity contribution in [2.75, 3.05) is 0 Å². The number of hydrogen-bond acceptors (Lipinski definition) is 4. The minimum atomic E-state index is 0.136. The van der Waals surface area contributed by atoms with E-state index in [9.17, 15) is 0 Å². The third kappa shape index (κ3) is 3.12. The number of aromatic nitrogens is 1. The Bertz CT molecular complexity index is 402. The molecule has 1 fully saturated rings. The highest BCUT2D eigenvalue weighted by Gasteiger charge is 2.18. The number of nitrogens with two attached hydrogens (primary N) is 1. The summed E-state index contributed by atoms with van der Waals surface area (Å²) in [6, 6.07) is 3.64. The Hall–Kier alpha value is -1.23. The summed E-state index contributed by atoms with van der Waals surface area (Å²) >= 11 is 1.75. The Morgan fingerprint density at radius 2 is 2.18 bits per heavy atom. The van der Waals surface area contributed by atoms with Gasteiger partial charge >= 0.3 is 0 Å². The zero-order chi connectivity index (χ0) is 12.1. The maximum absolute atomic E-state index is 8.74. The van der Waals surface area contributed by atoms with E-state index >= 15 is 0 Å². The third-order valence-corrected chi connectivity index (χ3v) is 4.34. The summed E-state index contributed by atoms with van der Waals surface area (Å²) in [6.07, 6.45) is 8.15. The van der Waals surface area contributed by atoms with Crippen LogP contribution in [0.3, 0.4) is 0 Å². The Kier molecular flexibility index (Phi) is 4.25. The van der Waals surface area contributed by atoms with E-state index in [0.717, 1.165) is 10.6 Å². The van der Waals surface area contributed by atoms with Gasteiger partial charge < -0.3 is 10.9 Å². The number of amidine groups is 1. The molecule has 0 amide bonds. The molecule has 92 valence electrons. The zero-order valence-electron chi connectivity index (χ0n) is 9.67. The Balaban J connectivity index is 2.14. The Morgan fingerprint density at radius 3 is 2.88 bits per heavy atom. The number of pyridine rings is 1. The van der Waals surface area contributed by atoms with Crippen molar-refractivity contribution in [1.29, 1.82) is 0 Å². The molecule has 0 aliphatic heterocycles. The molecule has 1 aromatic rings. The lowest BCUT2D eigenvalue weighted by molar-refractivity contribution is 0.318. The molecule has 0 atom stereocenters. The molecule has 0 radical (unpaired) electrons. The van der Waals surface area contributed by atoms with Gasteiger partial charge in [0.05, 0.1) is 5.56 Å². The van der Waals surface area contributed by atoms with Crippen LogP contribution in [-0.2, 0) is 0 Å². The van der Waals surface area contributed by atoms with Gasteiger partial charge in [-0.2, -0.15) is 0 Å². The maximum Gasteiger partial charge on any atom is 0.172 e. The first-order valence-corrected chi connectivity index (χ1v) is 6.79. The molecule has 1 aromatic heterocycles. The predicted octanol–water partition coefficient (Wildman–Crippen LogP) is 2.60. The molecule has 1 aliphatic carbocycles. The summed E-state index contributed by atoms with van der Waals surface area (Å²) in [6.45, 7) is 0. The molecule has 4 nitrogen and oxygen atoms in total. The van der Waals surface area contributed by atoms with Gasteiger partial charge in [0.1, 0.15) is 5.03 Å². The summed E-state index contributed by atoms with van der Waals surface area (Å²) in [7, 11) is 0. The number of rotatable bonds is 3. The molecular formula is C12H17N3OS. The molecule has 0 bridgehead atoms. The average molecular weight is 251 g/mol. The summed E-state index contributed by atoms with van der Waals surface area (Å²) in [5, 5.41) is 13.3. The van der Waals surface area contributed by atoms with Gasteiger partial charge in [-0.15, -0.1) is 11.8 Å². The lowest BCUT2D eigenvalue weighted by Gasteiger charge is -2.21. The Morgan fingerprint density at radius 1 is 1.41 bits per heavy atom. The van der Waals surface area contributed by atoms with Gasteiger partial charge in [-0.3, -0.25) is 0 Å². The van der Waals surface area contributed by atoms with Crippen LogP contribution in [0.15, 0.2) is 28.5 Å². The average Bonchev–Trinajstić information content (AvgIpc) is 2.40. The quantitative estimate of drug-likeness (QED) is 0.375. The molecule has 0 spiro atoms. The van der Waals surface area contributed by atoms with Crippen LogP contribution in [0, 0.1) is 0 Å². The second-order valence-electron chi connectivity index (χ2n) is 4.22. The monoisotopic (exact) mass is 251 g/mol. The minimum absolute atomic E-state index is 0.136. The fourth-order valence-electron chi connectivity index (χ4n) is 2.07. The molecular weight excluding hydrogens is 234 g/mol. The first-order valence-electron chi connectivity index (χ1n) is 5.91. The standard InChI is InChI=1S/C12H17N3OS/c13-11(15-16)10-7-4-8-14-12(10)17-9-5-2-1-3-6-9/h4,7-9,16H,1-3,5-6H2,(H2,13,15). The van der Waals surface area contributed by atoms with Crippen molar-refractivity contribution < 1.29 is 5.21 Å². The SMILES string of the molecule is N/C(=N\O)c1cccnc1SC1CCCCC1. The van der Waals surface area contributed by atoms with Crippen LogP contribution in [0.25, 0.3) is 0 Å². The fraction of sp³-hybridized carbons (Fsp3) is 0.500. The van der Waals surface area contributed by atoms with Crippen LogP contribution in [0.5, 0.6) is 0 Å².